The van der Waals surface area contributed by atoms with Crippen molar-refractivity contribution in [1.82, 2.24) is 25.2 Å². The highest BCUT2D eigenvalue weighted by Gasteiger charge is 2.20. The highest BCUT2D eigenvalue weighted by molar-refractivity contribution is 5.91. The van der Waals surface area contributed by atoms with Crippen molar-refractivity contribution in [2.24, 2.45) is 0 Å². The largest absolute Gasteiger partial charge is 0.497 e. The Morgan fingerprint density at radius 1 is 1.33 bits per heavy atom. The lowest BCUT2D eigenvalue weighted by Crippen LogP contribution is -2.29. The number of ether oxygens (including phenoxy) is 1. The van der Waals surface area contributed by atoms with Gasteiger partial charge in [0.25, 0.3) is 5.91 Å². The molecule has 0 unspecified atom stereocenters. The van der Waals surface area contributed by atoms with Crippen LogP contribution >= 0.6 is 0 Å². The molecule has 0 bridgehead atoms. The molecule has 0 spiro atoms. The minimum Gasteiger partial charge on any atom is -0.497 e. The number of hydrogen-bond donors (Lipinski definition) is 1. The molecular formula is C17H23N5O2. The number of amides is 1. The van der Waals surface area contributed by atoms with Crippen molar-refractivity contribution in [3.63, 3.8) is 0 Å². The molecule has 1 N–H and O–H groups in total. The summed E-state index contributed by atoms with van der Waals surface area (Å²) >= 11 is 0. The fraction of sp³-hybridized carbons (Fsp3) is 0.471. The van der Waals surface area contributed by atoms with E-state index < -0.39 is 0 Å². The maximum absolute atomic E-state index is 12.5. The van der Waals surface area contributed by atoms with Crippen LogP contribution in [0.15, 0.2) is 30.5 Å². The van der Waals surface area contributed by atoms with E-state index in [1.165, 1.54) is 0 Å². The molecule has 1 aliphatic heterocycles. The molecule has 7 nitrogen and oxygen atoms in total. The van der Waals surface area contributed by atoms with E-state index in [1.807, 2.05) is 28.9 Å². The monoisotopic (exact) mass is 329 g/mol. The standard InChI is InChI=1S/C17H23N5O2/c1-21(11-13-3-5-15(24-2)6-4-13)17(23)16-12-22(20-19-16)14-7-9-18-10-8-14/h3-6,12,14,18H,7-11H2,1-2H3. The van der Waals surface area contributed by atoms with Crippen molar-refractivity contribution < 1.29 is 9.53 Å². The SMILES string of the molecule is COc1ccc(CN(C)C(=O)c2cn(C3CCNCC3)nn2)cc1. The maximum Gasteiger partial charge on any atom is 0.276 e. The van der Waals surface area contributed by atoms with Crippen LogP contribution in [0.2, 0.25) is 0 Å². The van der Waals surface area contributed by atoms with Crippen molar-refractivity contribution >= 4 is 5.91 Å². The Morgan fingerprint density at radius 2 is 2.04 bits per heavy atom. The molecule has 2 heterocycles. The Balaban J connectivity index is 1.63. The van der Waals surface area contributed by atoms with Crippen LogP contribution in [0.3, 0.4) is 0 Å². The number of nitrogens with one attached hydrogen (secondary N) is 1. The van der Waals surface area contributed by atoms with Crippen LogP contribution in [0.5, 0.6) is 5.75 Å². The fourth-order valence-corrected chi connectivity index (χ4v) is 2.90. The van der Waals surface area contributed by atoms with E-state index in [-0.39, 0.29) is 5.91 Å². The second-order valence-electron chi connectivity index (χ2n) is 6.07. The molecule has 7 heteroatoms. The van der Waals surface area contributed by atoms with E-state index in [9.17, 15) is 4.79 Å². The number of aromatic nitrogens is 3. The Morgan fingerprint density at radius 3 is 2.71 bits per heavy atom. The Labute approximate surface area is 141 Å². The van der Waals surface area contributed by atoms with Gasteiger partial charge in [-0.2, -0.15) is 0 Å². The first-order chi connectivity index (χ1) is 11.7. The molecule has 1 aliphatic rings. The van der Waals surface area contributed by atoms with E-state index in [0.717, 1.165) is 37.2 Å². The van der Waals surface area contributed by atoms with Crippen LogP contribution in [0.4, 0.5) is 0 Å². The van der Waals surface area contributed by atoms with E-state index in [1.54, 1.807) is 25.3 Å². The number of carbonyl (C=O) groups excluding carboxylic acids is 1. The molecular weight excluding hydrogens is 306 g/mol. The van der Waals surface area contributed by atoms with Gasteiger partial charge in [-0.05, 0) is 43.6 Å². The van der Waals surface area contributed by atoms with Crippen molar-refractivity contribution in [3.8, 4) is 5.75 Å². The van der Waals surface area contributed by atoms with Gasteiger partial charge in [-0.3, -0.25) is 4.79 Å². The highest BCUT2D eigenvalue weighted by atomic mass is 16.5. The number of methoxy groups -OCH3 is 1. The van der Waals surface area contributed by atoms with Crippen LogP contribution in [0.1, 0.15) is 34.9 Å². The molecule has 24 heavy (non-hydrogen) atoms. The molecule has 0 aliphatic carbocycles. The molecule has 1 aromatic heterocycles. The van der Waals surface area contributed by atoms with Gasteiger partial charge >= 0.3 is 0 Å². The third-order valence-corrected chi connectivity index (χ3v) is 4.34. The van der Waals surface area contributed by atoms with Gasteiger partial charge in [0.1, 0.15) is 5.75 Å². The highest BCUT2D eigenvalue weighted by Crippen LogP contribution is 2.18. The van der Waals surface area contributed by atoms with Crippen LogP contribution < -0.4 is 10.1 Å². The molecule has 128 valence electrons. The fourth-order valence-electron chi connectivity index (χ4n) is 2.90. The molecule has 0 radical (unpaired) electrons. The third kappa shape index (κ3) is 3.73. The lowest BCUT2D eigenvalue weighted by Gasteiger charge is -2.22. The van der Waals surface area contributed by atoms with Crippen molar-refractivity contribution in [3.05, 3.63) is 41.7 Å². The predicted octanol–water partition coefficient (Wildman–Crippen LogP) is 1.48. The Bertz CT molecular complexity index is 677. The second kappa shape index (κ2) is 7.44. The van der Waals surface area contributed by atoms with E-state index in [2.05, 4.69) is 15.6 Å². The minimum absolute atomic E-state index is 0.119. The zero-order chi connectivity index (χ0) is 16.9. The average Bonchev–Trinajstić information content (AvgIpc) is 3.12. The molecule has 1 saturated heterocycles. The summed E-state index contributed by atoms with van der Waals surface area (Å²) in [5.74, 6) is 0.684. The van der Waals surface area contributed by atoms with Crippen LogP contribution in [-0.4, -0.2) is 53.0 Å². The second-order valence-corrected chi connectivity index (χ2v) is 6.07. The Kier molecular flexibility index (Phi) is 5.10. The van der Waals surface area contributed by atoms with Gasteiger partial charge in [0, 0.05) is 13.6 Å². The summed E-state index contributed by atoms with van der Waals surface area (Å²) in [5, 5.41) is 11.5. The molecule has 0 saturated carbocycles. The number of rotatable bonds is 5. The summed E-state index contributed by atoms with van der Waals surface area (Å²) in [6, 6.07) is 8.01. The van der Waals surface area contributed by atoms with Crippen LogP contribution in [0, 0.1) is 0 Å². The summed E-state index contributed by atoms with van der Waals surface area (Å²) in [6.07, 6.45) is 3.79. The lowest BCUT2D eigenvalue weighted by atomic mass is 10.1. The minimum atomic E-state index is -0.119. The van der Waals surface area contributed by atoms with Crippen molar-refractivity contribution in [2.45, 2.75) is 25.4 Å². The maximum atomic E-state index is 12.5. The van der Waals surface area contributed by atoms with Gasteiger partial charge in [0.15, 0.2) is 5.69 Å². The normalized spacial score (nSPS) is 15.2. The first-order valence-corrected chi connectivity index (χ1v) is 8.18. The number of nitrogens with zero attached hydrogens (tertiary/aromatic N) is 4. The van der Waals surface area contributed by atoms with Crippen LogP contribution in [-0.2, 0) is 6.54 Å². The zero-order valence-electron chi connectivity index (χ0n) is 14.1. The number of hydrogen-bond acceptors (Lipinski definition) is 5. The quantitative estimate of drug-likeness (QED) is 0.900. The number of piperidine rings is 1. The summed E-state index contributed by atoms with van der Waals surface area (Å²) in [6.45, 7) is 2.47. The summed E-state index contributed by atoms with van der Waals surface area (Å²) in [7, 11) is 3.41. The van der Waals surface area contributed by atoms with Gasteiger partial charge in [-0.25, -0.2) is 4.68 Å². The lowest BCUT2D eigenvalue weighted by molar-refractivity contribution is 0.0779. The first-order valence-electron chi connectivity index (χ1n) is 8.18. The first kappa shape index (κ1) is 16.4. The van der Waals surface area contributed by atoms with Gasteiger partial charge in [0.2, 0.25) is 0 Å². The van der Waals surface area contributed by atoms with E-state index in [0.29, 0.717) is 18.3 Å². The number of carbonyl (C=O) groups is 1. The topological polar surface area (TPSA) is 72.3 Å². The van der Waals surface area contributed by atoms with E-state index in [4.69, 9.17) is 4.74 Å². The molecule has 3 rings (SSSR count). The summed E-state index contributed by atoms with van der Waals surface area (Å²) < 4.78 is 6.97. The Hall–Kier alpha value is -2.41. The molecule has 2 aromatic rings. The predicted molar refractivity (Wildman–Crippen MR) is 90.0 cm³/mol. The summed E-state index contributed by atoms with van der Waals surface area (Å²) in [5.41, 5.74) is 1.43. The third-order valence-electron chi connectivity index (χ3n) is 4.34. The van der Waals surface area contributed by atoms with Crippen LogP contribution in [0.25, 0.3) is 0 Å². The smallest absolute Gasteiger partial charge is 0.276 e. The van der Waals surface area contributed by atoms with E-state index >= 15 is 0 Å². The molecule has 1 fully saturated rings. The van der Waals surface area contributed by atoms with Crippen molar-refractivity contribution in [2.75, 3.05) is 27.2 Å². The van der Waals surface area contributed by atoms with Gasteiger partial charge < -0.3 is 15.0 Å². The summed E-state index contributed by atoms with van der Waals surface area (Å²) in [4.78, 5) is 14.2. The van der Waals surface area contributed by atoms with Gasteiger partial charge in [-0.1, -0.05) is 17.3 Å². The zero-order valence-corrected chi connectivity index (χ0v) is 14.1. The van der Waals surface area contributed by atoms with Crippen molar-refractivity contribution in [1.29, 1.82) is 0 Å². The van der Waals surface area contributed by atoms with Gasteiger partial charge in [0.05, 0.1) is 19.3 Å². The molecule has 0 atom stereocenters. The average molecular weight is 329 g/mol. The van der Waals surface area contributed by atoms with Gasteiger partial charge in [-0.15, -0.1) is 5.10 Å². The number of benzene rings is 1. The molecule has 1 amide bonds. The molecule has 1 aromatic carbocycles.